The molecule has 1 aromatic rings. The molecule has 0 spiro atoms. The molecule has 0 aromatic carbocycles. The zero-order valence-corrected chi connectivity index (χ0v) is 24.1. The minimum Gasteiger partial charge on any atom is -0.387 e. The van der Waals surface area contributed by atoms with Crippen LogP contribution < -0.4 is 5.56 Å². The molecule has 1 saturated heterocycles. The molecule has 1 aromatic heterocycles. The van der Waals surface area contributed by atoms with Crippen molar-refractivity contribution in [2.24, 2.45) is 0 Å². The van der Waals surface area contributed by atoms with Crippen molar-refractivity contribution in [1.29, 1.82) is 0 Å². The first-order valence-electron chi connectivity index (χ1n) is 14.4. The third-order valence-electron chi connectivity index (χ3n) is 6.38. The number of H-pyrrole nitrogens is 1. The van der Waals surface area contributed by atoms with Gasteiger partial charge in [0.25, 0.3) is 5.56 Å². The Bertz CT molecular complexity index is 1060. The normalized spacial score (nSPS) is 26.2. The molecule has 1 aliphatic rings. The van der Waals surface area contributed by atoms with Crippen LogP contribution in [0.2, 0.25) is 0 Å². The zero-order valence-electron chi connectivity index (χ0n) is 24.4. The molecular formula is C25H45N2O9PS. The van der Waals surface area contributed by atoms with Gasteiger partial charge in [-0.25, -0.2) is 4.57 Å². The van der Waals surface area contributed by atoms with E-state index in [0.717, 1.165) is 23.5 Å². The number of aromatic nitrogens is 2. The van der Waals surface area contributed by atoms with E-state index in [4.69, 9.17) is 33.5 Å². The predicted molar refractivity (Wildman–Crippen MR) is 145 cm³/mol. The molecular weight excluding hydrogens is 535 g/mol. The van der Waals surface area contributed by atoms with Gasteiger partial charge in [0.15, 0.2) is 11.0 Å². The van der Waals surface area contributed by atoms with Crippen molar-refractivity contribution in [3.05, 3.63) is 27.4 Å². The number of ether oxygens (including phenoxy) is 2. The minimum absolute atomic E-state index is 0.140. The van der Waals surface area contributed by atoms with Gasteiger partial charge in [0.05, 0.1) is 15.9 Å². The van der Waals surface area contributed by atoms with Crippen LogP contribution in [0.15, 0.2) is 17.1 Å². The predicted octanol–water partition coefficient (Wildman–Crippen LogP) is 4.38. The molecule has 4 N–H and O–H groups in total. The Morgan fingerprint density at radius 2 is 1.71 bits per heavy atom. The van der Waals surface area contributed by atoms with Gasteiger partial charge in [-0.1, -0.05) is 64.7 Å². The molecule has 1 fully saturated rings. The topological polar surface area (TPSA) is 152 Å². The van der Waals surface area contributed by atoms with E-state index in [1.165, 1.54) is 64.5 Å². The molecule has 1 aliphatic heterocycles. The number of nitrogens with one attached hydrogen (secondary N) is 1. The van der Waals surface area contributed by atoms with Crippen LogP contribution in [0.3, 0.4) is 0 Å². The molecule has 0 radical (unpaired) electrons. The number of aliphatic hydroxyl groups excluding tert-OH is 1. The highest BCUT2D eigenvalue weighted by Gasteiger charge is 2.53. The third-order valence-corrected chi connectivity index (χ3v) is 7.54. The quantitative estimate of drug-likeness (QED) is 0.0990. The number of aromatic amines is 1. The van der Waals surface area contributed by atoms with Gasteiger partial charge in [0.2, 0.25) is 0 Å². The molecule has 2 unspecified atom stereocenters. The number of aliphatic hydroxyl groups is 2. The molecule has 13 heteroatoms. The molecule has 0 amide bonds. The highest BCUT2D eigenvalue weighted by molar-refractivity contribution is 7.71. The minimum atomic E-state index is -4.91. The fourth-order valence-corrected chi connectivity index (χ4v) is 5.04. The van der Waals surface area contributed by atoms with Crippen LogP contribution in [0.1, 0.15) is 93.4 Å². The van der Waals surface area contributed by atoms with Crippen molar-refractivity contribution < 1.29 is 40.9 Å². The highest BCUT2D eigenvalue weighted by atomic mass is 32.1. The Kier molecular flexibility index (Phi) is 13.4. The summed E-state index contributed by atoms with van der Waals surface area (Å²) >= 11 is 5.06. The zero-order chi connectivity index (χ0) is 29.8. The molecule has 11 nitrogen and oxygen atoms in total. The molecule has 0 aliphatic carbocycles. The fraction of sp³-hybridized carbons (Fsp3) is 0.840. The van der Waals surface area contributed by atoms with E-state index in [1.54, 1.807) is 0 Å². The van der Waals surface area contributed by atoms with Gasteiger partial charge in [-0.05, 0) is 32.0 Å². The van der Waals surface area contributed by atoms with Crippen LogP contribution in [0.5, 0.6) is 0 Å². The van der Waals surface area contributed by atoms with Gasteiger partial charge in [-0.15, -0.1) is 0 Å². The van der Waals surface area contributed by atoms with Crippen LogP contribution in [0, 0.1) is 4.77 Å². The van der Waals surface area contributed by atoms with Crippen molar-refractivity contribution >= 4 is 20.0 Å². The van der Waals surface area contributed by atoms with Crippen LogP contribution in [0.25, 0.3) is 0 Å². The van der Waals surface area contributed by atoms with E-state index >= 15 is 0 Å². The number of phosphoric ester groups is 1. The van der Waals surface area contributed by atoms with Crippen LogP contribution in [-0.2, 0) is 23.1 Å². The maximum Gasteiger partial charge on any atom is 0.472 e. The average molecular weight is 583 g/mol. The monoisotopic (exact) mass is 582 g/mol. The van der Waals surface area contributed by atoms with E-state index < -0.39 is 44.0 Å². The lowest BCUT2D eigenvalue weighted by atomic mass is 9.96. The first kappa shape index (κ1) is 30.0. The number of hydrogen-bond donors (Lipinski definition) is 4. The van der Waals surface area contributed by atoms with Crippen molar-refractivity contribution in [2.75, 3.05) is 26.4 Å². The van der Waals surface area contributed by atoms with Crippen molar-refractivity contribution in [1.82, 2.24) is 9.55 Å². The van der Waals surface area contributed by atoms with Gasteiger partial charge in [0, 0.05) is 25.5 Å². The van der Waals surface area contributed by atoms with E-state index in [0.29, 0.717) is 19.6 Å². The van der Waals surface area contributed by atoms with E-state index in [9.17, 15) is 24.5 Å². The summed E-state index contributed by atoms with van der Waals surface area (Å²) < 4.78 is 50.3. The summed E-state index contributed by atoms with van der Waals surface area (Å²) in [5, 5.41) is 21.4. The molecule has 38 heavy (non-hydrogen) atoms. The molecule has 0 bridgehead atoms. The SMILES string of the molecule is [2H]C([2H])(OP(=O)(O)OCCCOCCCCCCCCCCCC)[C@H]1O[C@@H](n2ccc(=O)[nH]c2=S)C(C)(O)[C@H]1O. The first-order valence-corrected chi connectivity index (χ1v) is 15.4. The fourth-order valence-electron chi connectivity index (χ4n) is 4.13. The lowest BCUT2D eigenvalue weighted by molar-refractivity contribution is -0.0978. The third kappa shape index (κ3) is 11.3. The van der Waals surface area contributed by atoms with E-state index in [-0.39, 0.29) is 11.4 Å². The summed E-state index contributed by atoms with van der Waals surface area (Å²) in [5.74, 6) is 0. The Labute approximate surface area is 232 Å². The van der Waals surface area contributed by atoms with Crippen molar-refractivity contribution in [2.45, 2.75) is 109 Å². The number of unbranched alkanes of at least 4 members (excludes halogenated alkanes) is 9. The average Bonchev–Trinajstić information content (AvgIpc) is 3.10. The summed E-state index contributed by atoms with van der Waals surface area (Å²) in [6.45, 7) is 1.02. The lowest BCUT2D eigenvalue weighted by Crippen LogP contribution is -2.44. The molecule has 2 heterocycles. The smallest absolute Gasteiger partial charge is 0.387 e. The number of hydrogen-bond acceptors (Lipinski definition) is 9. The van der Waals surface area contributed by atoms with Gasteiger partial charge >= 0.3 is 7.82 Å². The van der Waals surface area contributed by atoms with E-state index in [2.05, 4.69) is 11.9 Å². The van der Waals surface area contributed by atoms with Gasteiger partial charge in [-0.3, -0.25) is 23.4 Å². The lowest BCUT2D eigenvalue weighted by Gasteiger charge is -2.27. The van der Waals surface area contributed by atoms with Crippen LogP contribution >= 0.6 is 20.0 Å². The Morgan fingerprint density at radius 1 is 1.11 bits per heavy atom. The van der Waals surface area contributed by atoms with Crippen LogP contribution in [-0.4, -0.2) is 68.8 Å². The van der Waals surface area contributed by atoms with Gasteiger partial charge in [0.1, 0.15) is 17.8 Å². The number of nitrogens with zero attached hydrogens (tertiary/aromatic N) is 1. The van der Waals surface area contributed by atoms with Crippen molar-refractivity contribution in [3.8, 4) is 0 Å². The number of phosphoric acid groups is 1. The largest absolute Gasteiger partial charge is 0.472 e. The number of rotatable bonds is 20. The Balaban J connectivity index is 1.70. The Hall–Kier alpha value is -0.950. The standard InChI is InChI=1S/C25H45N2O9PS/c1-3-4-5-6-7-8-9-10-11-12-16-33-17-13-18-34-37(31,32)35-19-20-22(29)25(2,30)23(36-20)27-15-14-21(28)26-24(27)38/h14-15,20,22-23,29-30H,3-13,16-19H2,1-2H3,(H,31,32)(H,26,28,38)/t20-,22+,23-,25?/m1/s1/i19D2. The van der Waals surface area contributed by atoms with Crippen molar-refractivity contribution in [3.63, 3.8) is 0 Å². The first-order chi connectivity index (χ1) is 18.8. The van der Waals surface area contributed by atoms with Crippen LogP contribution in [0.4, 0.5) is 0 Å². The second-order valence-corrected chi connectivity index (χ2v) is 11.5. The maximum atomic E-state index is 12.4. The van der Waals surface area contributed by atoms with Gasteiger partial charge in [-0.2, -0.15) is 0 Å². The molecule has 220 valence electrons. The van der Waals surface area contributed by atoms with Gasteiger partial charge < -0.3 is 24.6 Å². The second kappa shape index (κ2) is 17.0. The molecule has 0 saturated carbocycles. The Morgan fingerprint density at radius 3 is 2.34 bits per heavy atom. The highest BCUT2D eigenvalue weighted by Crippen LogP contribution is 2.45. The second-order valence-electron chi connectivity index (χ2n) is 9.76. The summed E-state index contributed by atoms with van der Waals surface area (Å²) in [4.78, 5) is 23.9. The van der Waals surface area contributed by atoms with E-state index in [1.807, 2.05) is 0 Å². The molecule has 5 atom stereocenters. The molecule has 2 rings (SSSR count). The summed E-state index contributed by atoms with van der Waals surface area (Å²) in [6.07, 6.45) is 8.56. The maximum absolute atomic E-state index is 12.4. The summed E-state index contributed by atoms with van der Waals surface area (Å²) in [6, 6.07) is 1.11. The summed E-state index contributed by atoms with van der Waals surface area (Å²) in [5.41, 5.74) is -2.60. The summed E-state index contributed by atoms with van der Waals surface area (Å²) in [7, 11) is -4.91.